The van der Waals surface area contributed by atoms with E-state index in [-0.39, 0.29) is 23.6 Å². The predicted octanol–water partition coefficient (Wildman–Crippen LogP) is 2.64. The highest BCUT2D eigenvalue weighted by Gasteiger charge is 2.26. The summed E-state index contributed by atoms with van der Waals surface area (Å²) in [7, 11) is 0. The summed E-state index contributed by atoms with van der Waals surface area (Å²) in [6, 6.07) is 7.81. The van der Waals surface area contributed by atoms with Gasteiger partial charge in [0.15, 0.2) is 5.13 Å². The van der Waals surface area contributed by atoms with Crippen molar-refractivity contribution in [2.75, 3.05) is 18.4 Å². The average Bonchev–Trinajstić information content (AvgIpc) is 3.15. The number of anilines is 1. The van der Waals surface area contributed by atoms with E-state index in [1.807, 2.05) is 29.6 Å². The van der Waals surface area contributed by atoms with Gasteiger partial charge in [-0.25, -0.2) is 4.98 Å². The smallest absolute Gasteiger partial charge is 0.229 e. The fraction of sp³-hybridized carbons (Fsp3) is 0.400. The molecule has 1 aliphatic rings. The molecule has 0 spiro atoms. The zero-order valence-corrected chi connectivity index (χ0v) is 16.8. The lowest BCUT2D eigenvalue weighted by atomic mass is 9.96. The van der Waals surface area contributed by atoms with Crippen molar-refractivity contribution in [2.45, 2.75) is 33.2 Å². The first-order chi connectivity index (χ1) is 13.4. The Labute approximate surface area is 168 Å². The molecular weight excluding hydrogens is 376 g/mol. The first kappa shape index (κ1) is 20.0. The lowest BCUT2D eigenvalue weighted by Gasteiger charge is -2.30. The Kier molecular flexibility index (Phi) is 6.41. The number of benzene rings is 1. The van der Waals surface area contributed by atoms with Crippen molar-refractivity contribution in [3.63, 3.8) is 0 Å². The fourth-order valence-electron chi connectivity index (χ4n) is 3.15. The third kappa shape index (κ3) is 5.16. The number of hydrogen-bond donors (Lipinski definition) is 2. The molecular formula is C20H24N4O3S. The first-order valence-corrected chi connectivity index (χ1v) is 10.2. The molecule has 2 aromatic rings. The molecule has 0 aliphatic carbocycles. The van der Waals surface area contributed by atoms with Gasteiger partial charge in [0.1, 0.15) is 0 Å². The average molecular weight is 401 g/mol. The number of carbonyl (C=O) groups is 3. The number of amides is 3. The molecule has 1 saturated heterocycles. The van der Waals surface area contributed by atoms with Crippen molar-refractivity contribution in [3.8, 4) is 11.3 Å². The van der Waals surface area contributed by atoms with Crippen LogP contribution in [0, 0.1) is 5.92 Å². The van der Waals surface area contributed by atoms with Crippen LogP contribution in [0.4, 0.5) is 5.13 Å². The zero-order chi connectivity index (χ0) is 20.1. The van der Waals surface area contributed by atoms with Crippen LogP contribution in [0.3, 0.4) is 0 Å². The number of hydrogen-bond acceptors (Lipinski definition) is 5. The van der Waals surface area contributed by atoms with Crippen LogP contribution >= 0.6 is 11.3 Å². The van der Waals surface area contributed by atoms with Crippen molar-refractivity contribution < 1.29 is 14.4 Å². The second-order valence-electron chi connectivity index (χ2n) is 6.91. The minimum atomic E-state index is -0.0870. The highest BCUT2D eigenvalue weighted by atomic mass is 32.1. The van der Waals surface area contributed by atoms with E-state index in [1.165, 1.54) is 18.3 Å². The minimum Gasteiger partial charge on any atom is -0.352 e. The Bertz CT molecular complexity index is 855. The van der Waals surface area contributed by atoms with E-state index in [1.54, 1.807) is 11.8 Å². The van der Waals surface area contributed by atoms with Crippen LogP contribution in [0.5, 0.6) is 0 Å². The maximum atomic E-state index is 12.5. The number of carbonyl (C=O) groups excluding carboxylic acids is 3. The van der Waals surface area contributed by atoms with Gasteiger partial charge in [-0.2, -0.15) is 0 Å². The third-order valence-corrected chi connectivity index (χ3v) is 5.59. The number of piperidine rings is 1. The maximum absolute atomic E-state index is 12.5. The molecule has 28 heavy (non-hydrogen) atoms. The molecule has 3 rings (SSSR count). The maximum Gasteiger partial charge on any atom is 0.229 e. The van der Waals surface area contributed by atoms with E-state index in [0.29, 0.717) is 37.6 Å². The minimum absolute atomic E-state index is 0.0326. The Balaban J connectivity index is 1.56. The van der Waals surface area contributed by atoms with E-state index in [0.717, 1.165) is 16.8 Å². The van der Waals surface area contributed by atoms with Crippen molar-refractivity contribution in [1.29, 1.82) is 0 Å². The van der Waals surface area contributed by atoms with Gasteiger partial charge in [0, 0.05) is 50.3 Å². The first-order valence-electron chi connectivity index (χ1n) is 9.28. The van der Waals surface area contributed by atoms with Gasteiger partial charge < -0.3 is 15.5 Å². The summed E-state index contributed by atoms with van der Waals surface area (Å²) in [5.41, 5.74) is 2.77. The molecule has 1 aliphatic heterocycles. The summed E-state index contributed by atoms with van der Waals surface area (Å²) in [5, 5.41) is 8.17. The molecule has 0 saturated carbocycles. The number of likely N-dealkylation sites (tertiary alicyclic amines) is 1. The number of nitrogens with zero attached hydrogens (tertiary/aromatic N) is 2. The van der Waals surface area contributed by atoms with Crippen molar-refractivity contribution in [1.82, 2.24) is 15.2 Å². The Morgan fingerprint density at radius 2 is 1.82 bits per heavy atom. The van der Waals surface area contributed by atoms with Crippen LogP contribution in [0.25, 0.3) is 11.3 Å². The normalized spacial score (nSPS) is 14.6. The zero-order valence-electron chi connectivity index (χ0n) is 16.0. The molecule has 7 nitrogen and oxygen atoms in total. The second-order valence-corrected chi connectivity index (χ2v) is 7.77. The summed E-state index contributed by atoms with van der Waals surface area (Å²) in [6.07, 6.45) is 1.36. The molecule has 3 amide bonds. The van der Waals surface area contributed by atoms with E-state index in [2.05, 4.69) is 15.6 Å². The second kappa shape index (κ2) is 8.97. The predicted molar refractivity (Wildman–Crippen MR) is 109 cm³/mol. The van der Waals surface area contributed by atoms with E-state index in [4.69, 9.17) is 0 Å². The Hall–Kier alpha value is -2.74. The molecule has 2 N–H and O–H groups in total. The molecule has 1 aromatic carbocycles. The van der Waals surface area contributed by atoms with Crippen LogP contribution in [0.1, 0.15) is 32.3 Å². The topological polar surface area (TPSA) is 91.4 Å². The van der Waals surface area contributed by atoms with Gasteiger partial charge >= 0.3 is 0 Å². The molecule has 1 aromatic heterocycles. The molecule has 0 radical (unpaired) electrons. The molecule has 1 fully saturated rings. The number of nitrogens with one attached hydrogen (secondary N) is 2. The molecule has 2 heterocycles. The molecule has 0 atom stereocenters. The van der Waals surface area contributed by atoms with Gasteiger partial charge in [-0.3, -0.25) is 14.4 Å². The highest BCUT2D eigenvalue weighted by Crippen LogP contribution is 2.26. The molecule has 148 valence electrons. The van der Waals surface area contributed by atoms with Gasteiger partial charge in [0.05, 0.1) is 5.69 Å². The summed E-state index contributed by atoms with van der Waals surface area (Å²) in [5.74, 6) is -0.117. The monoisotopic (exact) mass is 400 g/mol. The van der Waals surface area contributed by atoms with Gasteiger partial charge in [-0.05, 0) is 18.4 Å². The largest absolute Gasteiger partial charge is 0.352 e. The van der Waals surface area contributed by atoms with Gasteiger partial charge in [-0.15, -0.1) is 11.3 Å². The van der Waals surface area contributed by atoms with Gasteiger partial charge in [0.2, 0.25) is 17.7 Å². The van der Waals surface area contributed by atoms with Crippen LogP contribution in [-0.4, -0.2) is 40.7 Å². The standard InChI is InChI=1S/C20H24N4O3S/c1-13(25)21-11-15-3-5-16(6-4-15)18-12-28-20(22-18)23-19(27)17-7-9-24(10-8-17)14(2)26/h3-6,12,17H,7-11H2,1-2H3,(H,21,25)(H,22,23,27). The SMILES string of the molecule is CC(=O)NCc1ccc(-c2csc(NC(=O)C3CCN(C(C)=O)CC3)n2)cc1. The van der Waals surface area contributed by atoms with Crippen molar-refractivity contribution in [3.05, 3.63) is 35.2 Å². The summed E-state index contributed by atoms with van der Waals surface area (Å²) >= 11 is 1.40. The summed E-state index contributed by atoms with van der Waals surface area (Å²) in [6.45, 7) is 4.80. The fourth-order valence-corrected chi connectivity index (χ4v) is 3.87. The lowest BCUT2D eigenvalue weighted by molar-refractivity contribution is -0.132. The van der Waals surface area contributed by atoms with Gasteiger partial charge in [0.25, 0.3) is 0 Å². The molecule has 8 heteroatoms. The quantitative estimate of drug-likeness (QED) is 0.807. The van der Waals surface area contributed by atoms with Crippen LogP contribution < -0.4 is 10.6 Å². The summed E-state index contributed by atoms with van der Waals surface area (Å²) < 4.78 is 0. The molecule has 0 unspecified atom stereocenters. The Morgan fingerprint density at radius 1 is 1.14 bits per heavy atom. The van der Waals surface area contributed by atoms with E-state index in [9.17, 15) is 14.4 Å². The summed E-state index contributed by atoms with van der Waals surface area (Å²) in [4.78, 5) is 41.1. The van der Waals surface area contributed by atoms with E-state index >= 15 is 0 Å². The lowest BCUT2D eigenvalue weighted by Crippen LogP contribution is -2.40. The number of rotatable bonds is 5. The molecule has 0 bridgehead atoms. The van der Waals surface area contributed by atoms with E-state index < -0.39 is 0 Å². The highest BCUT2D eigenvalue weighted by molar-refractivity contribution is 7.14. The van der Waals surface area contributed by atoms with Crippen LogP contribution in [0.15, 0.2) is 29.6 Å². The van der Waals surface area contributed by atoms with Crippen molar-refractivity contribution >= 4 is 34.2 Å². The van der Waals surface area contributed by atoms with Crippen molar-refractivity contribution in [2.24, 2.45) is 5.92 Å². The van der Waals surface area contributed by atoms with Gasteiger partial charge in [-0.1, -0.05) is 24.3 Å². The Morgan fingerprint density at radius 3 is 2.43 bits per heavy atom. The number of aromatic nitrogens is 1. The van der Waals surface area contributed by atoms with Crippen LogP contribution in [-0.2, 0) is 20.9 Å². The third-order valence-electron chi connectivity index (χ3n) is 4.84. The van der Waals surface area contributed by atoms with Crippen LogP contribution in [0.2, 0.25) is 0 Å². The number of thiazole rings is 1.